The molecule has 0 aliphatic carbocycles. The number of para-hydroxylation sites is 1. The summed E-state index contributed by atoms with van der Waals surface area (Å²) in [6, 6.07) is 16.4. The molecule has 3 aromatic rings. The molecule has 0 radical (unpaired) electrons. The molecule has 0 aliphatic heterocycles. The maximum absolute atomic E-state index is 12.5. The minimum atomic E-state index is -1.34. The van der Waals surface area contributed by atoms with Crippen molar-refractivity contribution >= 4 is 35.2 Å². The molecule has 2 aromatic carbocycles. The quantitative estimate of drug-likeness (QED) is 0.478. The van der Waals surface area contributed by atoms with Crippen LogP contribution in [-0.2, 0) is 11.2 Å². The fourth-order valence-corrected chi connectivity index (χ4v) is 3.06. The van der Waals surface area contributed by atoms with Crippen LogP contribution in [0.15, 0.2) is 64.6 Å². The third-order valence-electron chi connectivity index (χ3n) is 4.39. The Morgan fingerprint density at radius 1 is 1.20 bits per heavy atom. The molecule has 0 saturated heterocycles. The number of nitrogens with zero attached hydrogens (tertiary/aromatic N) is 1. The van der Waals surface area contributed by atoms with Gasteiger partial charge < -0.3 is 19.6 Å². The molecule has 150 valence electrons. The first-order valence-corrected chi connectivity index (χ1v) is 9.43. The second kappa shape index (κ2) is 9.12. The molecule has 0 fully saturated rings. The van der Waals surface area contributed by atoms with E-state index < -0.39 is 11.9 Å². The highest BCUT2D eigenvalue weighted by molar-refractivity contribution is 6.33. The predicted molar refractivity (Wildman–Crippen MR) is 112 cm³/mol. The first-order chi connectivity index (χ1) is 14.4. The standard InChI is InChI=1S/C23H17ClN2O4/c1-2-14-5-3-4-6-20(14)26-22(27)16(13-25)11-17-8-10-21(30-17)18-12-15(23(28)29)7-9-19(18)24/h3-12H,2H2,1H3,(H,26,27)(H,28,29)/p-1/b16-11-. The number of carbonyl (C=O) groups is 2. The lowest BCUT2D eigenvalue weighted by molar-refractivity contribution is -0.255. The van der Waals surface area contributed by atoms with Crippen molar-refractivity contribution in [1.29, 1.82) is 5.26 Å². The molecule has 1 heterocycles. The maximum atomic E-state index is 12.5. The van der Waals surface area contributed by atoms with Gasteiger partial charge in [0.2, 0.25) is 0 Å². The fourth-order valence-electron chi connectivity index (χ4n) is 2.85. The number of amides is 1. The van der Waals surface area contributed by atoms with Crippen molar-refractivity contribution in [3.8, 4) is 17.4 Å². The molecule has 1 aromatic heterocycles. The third-order valence-corrected chi connectivity index (χ3v) is 4.72. The van der Waals surface area contributed by atoms with Crippen molar-refractivity contribution in [3.05, 3.63) is 82.1 Å². The molecule has 30 heavy (non-hydrogen) atoms. The number of rotatable bonds is 6. The van der Waals surface area contributed by atoms with Crippen LogP contribution in [0.5, 0.6) is 0 Å². The number of carbonyl (C=O) groups excluding carboxylic acids is 2. The van der Waals surface area contributed by atoms with Crippen molar-refractivity contribution in [1.82, 2.24) is 0 Å². The van der Waals surface area contributed by atoms with Gasteiger partial charge in [-0.25, -0.2) is 0 Å². The number of carboxylic acids is 1. The molecule has 0 saturated carbocycles. The number of hydrogen-bond donors (Lipinski definition) is 1. The highest BCUT2D eigenvalue weighted by atomic mass is 35.5. The van der Waals surface area contributed by atoms with Gasteiger partial charge in [0.1, 0.15) is 23.2 Å². The maximum Gasteiger partial charge on any atom is 0.266 e. The van der Waals surface area contributed by atoms with E-state index in [0.29, 0.717) is 22.0 Å². The SMILES string of the molecule is CCc1ccccc1NC(=O)/C(C#N)=C\c1ccc(-c2cc(C(=O)[O-])ccc2Cl)o1. The zero-order chi connectivity index (χ0) is 21.7. The number of carboxylic acid groups (broad SMARTS) is 1. The van der Waals surface area contributed by atoms with Crippen LogP contribution in [0.3, 0.4) is 0 Å². The van der Waals surface area contributed by atoms with Gasteiger partial charge in [-0.2, -0.15) is 5.26 Å². The molecule has 3 rings (SSSR count). The molecule has 0 unspecified atom stereocenters. The van der Waals surface area contributed by atoms with Gasteiger partial charge in [-0.3, -0.25) is 4.79 Å². The van der Waals surface area contributed by atoms with E-state index in [-0.39, 0.29) is 16.9 Å². The predicted octanol–water partition coefficient (Wildman–Crippen LogP) is 4.07. The Morgan fingerprint density at radius 2 is 1.97 bits per heavy atom. The molecule has 0 atom stereocenters. The number of aromatic carboxylic acids is 1. The average molecular weight is 420 g/mol. The summed E-state index contributed by atoms with van der Waals surface area (Å²) in [5, 5.41) is 23.5. The largest absolute Gasteiger partial charge is 0.545 e. The van der Waals surface area contributed by atoms with Gasteiger partial charge in [0.15, 0.2) is 0 Å². The lowest BCUT2D eigenvalue weighted by Gasteiger charge is -2.08. The number of furan rings is 1. The Hall–Kier alpha value is -3.82. The van der Waals surface area contributed by atoms with Crippen LogP contribution in [0.4, 0.5) is 5.69 Å². The zero-order valence-corrected chi connectivity index (χ0v) is 16.7. The van der Waals surface area contributed by atoms with Crippen LogP contribution in [0.1, 0.15) is 28.6 Å². The Labute approximate surface area is 178 Å². The fraction of sp³-hybridized carbons (Fsp3) is 0.0870. The lowest BCUT2D eigenvalue weighted by atomic mass is 10.1. The first-order valence-electron chi connectivity index (χ1n) is 9.05. The average Bonchev–Trinajstić information content (AvgIpc) is 3.20. The lowest BCUT2D eigenvalue weighted by Crippen LogP contribution is -2.22. The van der Waals surface area contributed by atoms with Crippen LogP contribution >= 0.6 is 11.6 Å². The zero-order valence-electron chi connectivity index (χ0n) is 15.9. The second-order valence-electron chi connectivity index (χ2n) is 6.32. The summed E-state index contributed by atoms with van der Waals surface area (Å²) in [6.07, 6.45) is 2.04. The topological polar surface area (TPSA) is 106 Å². The monoisotopic (exact) mass is 419 g/mol. The highest BCUT2D eigenvalue weighted by Crippen LogP contribution is 2.31. The van der Waals surface area contributed by atoms with E-state index in [4.69, 9.17) is 16.0 Å². The summed E-state index contributed by atoms with van der Waals surface area (Å²) in [6.45, 7) is 1.97. The van der Waals surface area contributed by atoms with Crippen LogP contribution in [-0.4, -0.2) is 11.9 Å². The molecule has 7 heteroatoms. The van der Waals surface area contributed by atoms with E-state index in [1.165, 1.54) is 24.3 Å². The van der Waals surface area contributed by atoms with Crippen LogP contribution in [0.2, 0.25) is 5.02 Å². The van der Waals surface area contributed by atoms with Gasteiger partial charge in [-0.05, 0) is 47.9 Å². The normalized spacial score (nSPS) is 11.0. The van der Waals surface area contributed by atoms with Gasteiger partial charge in [-0.1, -0.05) is 42.8 Å². The van der Waals surface area contributed by atoms with Crippen molar-refractivity contribution in [2.24, 2.45) is 0 Å². The van der Waals surface area contributed by atoms with E-state index >= 15 is 0 Å². The Kier molecular flexibility index (Phi) is 6.35. The summed E-state index contributed by atoms with van der Waals surface area (Å²) < 4.78 is 5.66. The van der Waals surface area contributed by atoms with Crippen LogP contribution in [0, 0.1) is 11.3 Å². The van der Waals surface area contributed by atoms with Crippen molar-refractivity contribution in [2.45, 2.75) is 13.3 Å². The molecular weight excluding hydrogens is 404 g/mol. The van der Waals surface area contributed by atoms with Gasteiger partial charge in [-0.15, -0.1) is 0 Å². The minimum absolute atomic E-state index is 0.0467. The summed E-state index contributed by atoms with van der Waals surface area (Å²) in [7, 11) is 0. The molecule has 0 aliphatic rings. The number of nitrogens with one attached hydrogen (secondary N) is 1. The van der Waals surface area contributed by atoms with Crippen molar-refractivity contribution in [3.63, 3.8) is 0 Å². The van der Waals surface area contributed by atoms with Crippen LogP contribution in [0.25, 0.3) is 17.4 Å². The van der Waals surface area contributed by atoms with E-state index in [9.17, 15) is 20.0 Å². The van der Waals surface area contributed by atoms with Crippen LogP contribution < -0.4 is 10.4 Å². The van der Waals surface area contributed by atoms with Gasteiger partial charge in [0, 0.05) is 17.3 Å². The van der Waals surface area contributed by atoms with Crippen molar-refractivity contribution < 1.29 is 19.1 Å². The molecule has 1 amide bonds. The van der Waals surface area contributed by atoms with Gasteiger partial charge in [0.05, 0.1) is 11.0 Å². The van der Waals surface area contributed by atoms with E-state index in [1.54, 1.807) is 24.3 Å². The number of nitriles is 1. The Bertz CT molecular complexity index is 1190. The molecular formula is C23H16ClN2O4-. The molecule has 0 spiro atoms. The first kappa shape index (κ1) is 20.9. The summed E-state index contributed by atoms with van der Waals surface area (Å²) in [5.74, 6) is -1.36. The Balaban J connectivity index is 1.87. The highest BCUT2D eigenvalue weighted by Gasteiger charge is 2.14. The summed E-state index contributed by atoms with van der Waals surface area (Å²) in [4.78, 5) is 23.6. The number of benzene rings is 2. The molecule has 6 nitrogen and oxygen atoms in total. The van der Waals surface area contributed by atoms with E-state index in [0.717, 1.165) is 12.0 Å². The van der Waals surface area contributed by atoms with Gasteiger partial charge in [0.25, 0.3) is 5.91 Å². The van der Waals surface area contributed by atoms with Gasteiger partial charge >= 0.3 is 0 Å². The van der Waals surface area contributed by atoms with E-state index in [2.05, 4.69) is 5.32 Å². The smallest absolute Gasteiger partial charge is 0.266 e. The number of hydrogen-bond acceptors (Lipinski definition) is 5. The number of aryl methyl sites for hydroxylation is 1. The Morgan fingerprint density at radius 3 is 2.67 bits per heavy atom. The molecule has 1 N–H and O–H groups in total. The molecule has 0 bridgehead atoms. The van der Waals surface area contributed by atoms with Crippen molar-refractivity contribution in [2.75, 3.05) is 5.32 Å². The second-order valence-corrected chi connectivity index (χ2v) is 6.73. The third kappa shape index (κ3) is 4.59. The number of anilines is 1. The minimum Gasteiger partial charge on any atom is -0.545 e. The summed E-state index contributed by atoms with van der Waals surface area (Å²) in [5.41, 5.74) is 1.76. The summed E-state index contributed by atoms with van der Waals surface area (Å²) >= 11 is 6.14. The number of halogens is 1. The van der Waals surface area contributed by atoms with E-state index in [1.807, 2.05) is 25.1 Å².